The number of aromatic nitrogens is 4. The first-order valence-corrected chi connectivity index (χ1v) is 12.8. The predicted molar refractivity (Wildman–Crippen MR) is 140 cm³/mol. The highest BCUT2D eigenvalue weighted by atomic mass is 79.9. The largest absolute Gasteiger partial charge is 0.332 e. The average molecular weight is 579 g/mol. The lowest BCUT2D eigenvalue weighted by Crippen LogP contribution is -2.20. The van der Waals surface area contributed by atoms with Gasteiger partial charge in [0.1, 0.15) is 0 Å². The van der Waals surface area contributed by atoms with Gasteiger partial charge in [-0.05, 0) is 70.1 Å². The van der Waals surface area contributed by atoms with Crippen molar-refractivity contribution in [3.63, 3.8) is 0 Å². The molecule has 0 atom stereocenters. The van der Waals surface area contributed by atoms with Crippen molar-refractivity contribution >= 4 is 72.3 Å². The number of hydrogen-bond acceptors (Lipinski definition) is 6. The van der Waals surface area contributed by atoms with Crippen LogP contribution in [0.25, 0.3) is 0 Å². The second-order valence-electron chi connectivity index (χ2n) is 6.90. The van der Waals surface area contributed by atoms with Crippen LogP contribution >= 0.6 is 39.7 Å². The number of nitrogens with zero attached hydrogens (tertiary/aromatic N) is 4. The van der Waals surface area contributed by atoms with Crippen molar-refractivity contribution in [1.29, 1.82) is 0 Å². The third kappa shape index (κ3) is 6.08. The van der Waals surface area contributed by atoms with Crippen LogP contribution in [0.5, 0.6) is 0 Å². The Kier molecular flexibility index (Phi) is 7.41. The normalized spacial score (nSPS) is 11.1. The molecule has 0 aliphatic carbocycles. The summed E-state index contributed by atoms with van der Waals surface area (Å²) >= 11 is 15.1. The zero-order chi connectivity index (χ0) is 24.1. The molecule has 0 fully saturated rings. The Hall–Kier alpha value is -3.06. The van der Waals surface area contributed by atoms with Gasteiger partial charge in [0.15, 0.2) is 10.9 Å². The molecule has 174 valence electrons. The van der Waals surface area contributed by atoms with Crippen LogP contribution in [0.3, 0.4) is 0 Å². The summed E-state index contributed by atoms with van der Waals surface area (Å²) in [4.78, 5) is 7.79. The molecule has 2 heterocycles. The molecule has 4 aromatic rings. The van der Waals surface area contributed by atoms with Crippen molar-refractivity contribution in [2.75, 3.05) is 15.4 Å². The lowest BCUT2D eigenvalue weighted by atomic mass is 10.2. The van der Waals surface area contributed by atoms with E-state index in [1.165, 1.54) is 24.5 Å². The second-order valence-corrected chi connectivity index (χ2v) is 10.2. The standard InChI is InChI=1S/C21H17BrClN7O2S2/c22-17-13-30(12-14-4-1-2-5-18(14)23)28-19(17)27-21(33)26-15-6-8-16(9-7-15)34(31,32)29-20-24-10-3-11-25-20/h1-11,13H,12H2,(H,24,25,29)(H2,26,27,28,33). The topological polar surface area (TPSA) is 114 Å². The summed E-state index contributed by atoms with van der Waals surface area (Å²) in [6.07, 6.45) is 4.71. The van der Waals surface area contributed by atoms with Gasteiger partial charge >= 0.3 is 0 Å². The Labute approximate surface area is 214 Å². The van der Waals surface area contributed by atoms with Gasteiger partial charge in [-0.15, -0.1) is 0 Å². The summed E-state index contributed by atoms with van der Waals surface area (Å²) in [5.74, 6) is 0.519. The van der Waals surface area contributed by atoms with Gasteiger partial charge in [0.25, 0.3) is 10.0 Å². The lowest BCUT2D eigenvalue weighted by Gasteiger charge is -2.10. The summed E-state index contributed by atoms with van der Waals surface area (Å²) in [5, 5.41) is 11.5. The molecule has 0 aliphatic rings. The molecule has 0 radical (unpaired) electrons. The van der Waals surface area contributed by atoms with E-state index in [9.17, 15) is 8.42 Å². The monoisotopic (exact) mass is 577 g/mol. The summed E-state index contributed by atoms with van der Waals surface area (Å²) < 4.78 is 29.8. The van der Waals surface area contributed by atoms with E-state index in [0.29, 0.717) is 23.1 Å². The van der Waals surface area contributed by atoms with E-state index in [2.05, 4.69) is 46.4 Å². The quantitative estimate of drug-likeness (QED) is 0.269. The van der Waals surface area contributed by atoms with Crippen molar-refractivity contribution in [3.05, 3.63) is 88.2 Å². The minimum absolute atomic E-state index is 0.00497. The molecule has 2 aromatic heterocycles. The first-order valence-electron chi connectivity index (χ1n) is 9.74. The molecule has 0 spiro atoms. The first-order chi connectivity index (χ1) is 16.3. The molecule has 0 aliphatic heterocycles. The Morgan fingerprint density at radius 1 is 1.03 bits per heavy atom. The second kappa shape index (κ2) is 10.5. The van der Waals surface area contributed by atoms with Gasteiger partial charge in [-0.1, -0.05) is 29.8 Å². The molecule has 0 amide bonds. The van der Waals surface area contributed by atoms with E-state index in [1.54, 1.807) is 22.9 Å². The maximum absolute atomic E-state index is 12.5. The van der Waals surface area contributed by atoms with Gasteiger partial charge in [0.2, 0.25) is 5.95 Å². The van der Waals surface area contributed by atoms with Gasteiger partial charge in [-0.3, -0.25) is 4.68 Å². The van der Waals surface area contributed by atoms with Crippen molar-refractivity contribution in [3.8, 4) is 0 Å². The summed E-state index contributed by atoms with van der Waals surface area (Å²) in [5.41, 5.74) is 1.54. The van der Waals surface area contributed by atoms with Crippen LogP contribution in [0, 0.1) is 0 Å². The van der Waals surface area contributed by atoms with Gasteiger partial charge in [-0.2, -0.15) is 5.10 Å². The lowest BCUT2D eigenvalue weighted by molar-refractivity contribution is 0.601. The molecule has 4 rings (SSSR count). The van der Waals surface area contributed by atoms with E-state index >= 15 is 0 Å². The summed E-state index contributed by atoms with van der Waals surface area (Å²) in [6, 6.07) is 15.2. The molecular weight excluding hydrogens is 562 g/mol. The SMILES string of the molecule is O=S(=O)(Nc1ncccn1)c1ccc(NC(=S)Nc2nn(Cc3ccccc3Cl)cc2Br)cc1. The van der Waals surface area contributed by atoms with Crippen LogP contribution in [0.2, 0.25) is 5.02 Å². The molecule has 9 nitrogen and oxygen atoms in total. The minimum atomic E-state index is -3.82. The van der Waals surface area contributed by atoms with Crippen LogP contribution in [-0.4, -0.2) is 33.3 Å². The molecule has 0 saturated heterocycles. The highest BCUT2D eigenvalue weighted by Gasteiger charge is 2.16. The number of halogens is 2. The van der Waals surface area contributed by atoms with Crippen LogP contribution in [-0.2, 0) is 16.6 Å². The number of hydrogen-bond donors (Lipinski definition) is 3. The van der Waals surface area contributed by atoms with Gasteiger partial charge in [0.05, 0.1) is 15.9 Å². The van der Waals surface area contributed by atoms with Gasteiger partial charge in [0, 0.05) is 29.3 Å². The van der Waals surface area contributed by atoms with Crippen molar-refractivity contribution in [2.45, 2.75) is 11.4 Å². The number of nitrogens with one attached hydrogen (secondary N) is 3. The van der Waals surface area contributed by atoms with Crippen LogP contribution in [0.15, 0.2) is 82.6 Å². The van der Waals surface area contributed by atoms with E-state index in [1.807, 2.05) is 30.5 Å². The Balaban J connectivity index is 1.38. The number of benzene rings is 2. The fourth-order valence-electron chi connectivity index (χ4n) is 2.88. The number of sulfonamides is 1. The smallest absolute Gasteiger partial charge is 0.264 e. The maximum atomic E-state index is 12.5. The third-order valence-corrected chi connectivity index (χ3v) is 6.95. The highest BCUT2D eigenvalue weighted by Crippen LogP contribution is 2.23. The molecule has 0 bridgehead atoms. The van der Waals surface area contributed by atoms with E-state index in [4.69, 9.17) is 23.8 Å². The van der Waals surface area contributed by atoms with Crippen molar-refractivity contribution in [1.82, 2.24) is 19.7 Å². The van der Waals surface area contributed by atoms with Gasteiger partial charge in [-0.25, -0.2) is 23.1 Å². The van der Waals surface area contributed by atoms with Crippen LogP contribution < -0.4 is 15.4 Å². The van der Waals surface area contributed by atoms with Crippen molar-refractivity contribution < 1.29 is 8.42 Å². The average Bonchev–Trinajstić information content (AvgIpc) is 3.14. The molecular formula is C21H17BrClN7O2S2. The first kappa shape index (κ1) is 24.1. The van der Waals surface area contributed by atoms with E-state index < -0.39 is 10.0 Å². The van der Waals surface area contributed by atoms with Crippen LogP contribution in [0.1, 0.15) is 5.56 Å². The predicted octanol–water partition coefficient (Wildman–Crippen LogP) is 4.75. The minimum Gasteiger partial charge on any atom is -0.332 e. The number of rotatable bonds is 7. The third-order valence-electron chi connectivity index (χ3n) is 4.45. The summed E-state index contributed by atoms with van der Waals surface area (Å²) in [7, 11) is -3.82. The number of thiocarbonyl (C=S) groups is 1. The van der Waals surface area contributed by atoms with Crippen LogP contribution in [0.4, 0.5) is 17.5 Å². The Morgan fingerprint density at radius 3 is 2.44 bits per heavy atom. The molecule has 0 saturated carbocycles. The van der Waals surface area contributed by atoms with E-state index in [-0.39, 0.29) is 16.0 Å². The molecule has 34 heavy (non-hydrogen) atoms. The fraction of sp³-hybridized carbons (Fsp3) is 0.0476. The fourth-order valence-corrected chi connectivity index (χ4v) is 4.66. The maximum Gasteiger partial charge on any atom is 0.264 e. The molecule has 0 unspecified atom stereocenters. The molecule has 2 aromatic carbocycles. The highest BCUT2D eigenvalue weighted by molar-refractivity contribution is 9.10. The Bertz CT molecular complexity index is 1410. The summed E-state index contributed by atoms with van der Waals surface area (Å²) in [6.45, 7) is 0.498. The number of anilines is 3. The van der Waals surface area contributed by atoms with Gasteiger partial charge < -0.3 is 10.6 Å². The van der Waals surface area contributed by atoms with E-state index in [0.717, 1.165) is 10.0 Å². The molecule has 13 heteroatoms. The Morgan fingerprint density at radius 2 is 1.74 bits per heavy atom. The van der Waals surface area contributed by atoms with Crippen molar-refractivity contribution in [2.24, 2.45) is 0 Å². The zero-order valence-corrected chi connectivity index (χ0v) is 21.3. The zero-order valence-electron chi connectivity index (χ0n) is 17.3. The molecule has 3 N–H and O–H groups in total.